The molecule has 6 heteroatoms. The third kappa shape index (κ3) is 6.84. The van der Waals surface area contributed by atoms with E-state index < -0.39 is 11.9 Å². The number of aromatic nitrogens is 1. The summed E-state index contributed by atoms with van der Waals surface area (Å²) in [5.74, 6) is -0.920. The van der Waals surface area contributed by atoms with Crippen molar-refractivity contribution in [3.05, 3.63) is 78.0 Å². The summed E-state index contributed by atoms with van der Waals surface area (Å²) in [7, 11) is 0. The van der Waals surface area contributed by atoms with Gasteiger partial charge in [-0.1, -0.05) is 42.5 Å². The summed E-state index contributed by atoms with van der Waals surface area (Å²) in [4.78, 5) is 22.3. The lowest BCUT2D eigenvalue weighted by molar-refractivity contribution is -0.137. The van der Waals surface area contributed by atoms with Crippen molar-refractivity contribution in [2.24, 2.45) is 0 Å². The highest BCUT2D eigenvalue weighted by Gasteiger charge is 2.14. The molecular formula is C27H29NO5. The molecule has 0 amide bonds. The van der Waals surface area contributed by atoms with E-state index >= 15 is 0 Å². The number of carbonyl (C=O) groups is 2. The lowest BCUT2D eigenvalue weighted by Gasteiger charge is -2.06. The monoisotopic (exact) mass is 447 g/mol. The van der Waals surface area contributed by atoms with Crippen LogP contribution in [-0.4, -0.2) is 33.3 Å². The van der Waals surface area contributed by atoms with Crippen LogP contribution in [0.25, 0.3) is 23.1 Å². The molecule has 0 saturated heterocycles. The molecule has 1 heterocycles. The highest BCUT2D eigenvalue weighted by molar-refractivity contribution is 5.96. The number of benzene rings is 2. The van der Waals surface area contributed by atoms with E-state index in [1.54, 1.807) is 0 Å². The number of aliphatic carboxylic acids is 2. The third-order valence-electron chi connectivity index (χ3n) is 5.31. The summed E-state index contributed by atoms with van der Waals surface area (Å²) in [6.07, 6.45) is 10.00. The average molecular weight is 448 g/mol. The van der Waals surface area contributed by atoms with Crippen LogP contribution in [-0.2, 0) is 22.6 Å². The van der Waals surface area contributed by atoms with E-state index in [0.29, 0.717) is 19.6 Å². The fourth-order valence-electron chi connectivity index (χ4n) is 3.77. The lowest BCUT2D eigenvalue weighted by atomic mass is 10.0. The SMILES string of the molecule is C=CCCCOc1ccc(C=Cc2cccc3c2c(CC(=O)O)cn3CCCC(=O)O)cc1. The molecule has 3 rings (SSSR count). The molecule has 0 aliphatic heterocycles. The molecule has 0 spiro atoms. The van der Waals surface area contributed by atoms with E-state index in [2.05, 4.69) is 6.58 Å². The zero-order chi connectivity index (χ0) is 23.6. The third-order valence-corrected chi connectivity index (χ3v) is 5.31. The van der Waals surface area contributed by atoms with E-state index in [4.69, 9.17) is 9.84 Å². The quantitative estimate of drug-likeness (QED) is 0.201. The Labute approximate surface area is 193 Å². The summed E-state index contributed by atoms with van der Waals surface area (Å²) in [6, 6.07) is 13.7. The maximum Gasteiger partial charge on any atom is 0.307 e. The van der Waals surface area contributed by atoms with Crippen LogP contribution in [0.3, 0.4) is 0 Å². The van der Waals surface area contributed by atoms with Gasteiger partial charge >= 0.3 is 11.9 Å². The number of hydrogen-bond donors (Lipinski definition) is 2. The number of rotatable bonds is 13. The minimum atomic E-state index is -0.901. The van der Waals surface area contributed by atoms with E-state index in [1.807, 2.05) is 71.5 Å². The minimum Gasteiger partial charge on any atom is -0.494 e. The molecule has 0 radical (unpaired) electrons. The summed E-state index contributed by atoms with van der Waals surface area (Å²) < 4.78 is 7.67. The first-order valence-corrected chi connectivity index (χ1v) is 11.0. The second kappa shape index (κ2) is 11.7. The van der Waals surface area contributed by atoms with Gasteiger partial charge in [-0.15, -0.1) is 6.58 Å². The van der Waals surface area contributed by atoms with E-state index in [1.165, 1.54) is 0 Å². The van der Waals surface area contributed by atoms with Gasteiger partial charge in [-0.25, -0.2) is 0 Å². The van der Waals surface area contributed by atoms with E-state index in [-0.39, 0.29) is 12.8 Å². The predicted octanol–water partition coefficient (Wildman–Crippen LogP) is 5.65. The van der Waals surface area contributed by atoms with E-state index in [0.717, 1.165) is 46.2 Å². The van der Waals surface area contributed by atoms with Crippen LogP contribution >= 0.6 is 0 Å². The molecule has 0 aliphatic rings. The molecule has 0 fully saturated rings. The number of nitrogens with zero attached hydrogens (tertiary/aromatic N) is 1. The minimum absolute atomic E-state index is 0.0709. The van der Waals surface area contributed by atoms with Gasteiger partial charge in [-0.05, 0) is 54.2 Å². The maximum absolute atomic E-state index is 11.4. The number of allylic oxidation sites excluding steroid dienone is 1. The van der Waals surface area contributed by atoms with Crippen molar-refractivity contribution in [2.75, 3.05) is 6.61 Å². The number of unbranched alkanes of at least 4 members (excludes halogenated alkanes) is 1. The molecule has 0 atom stereocenters. The van der Waals surface area contributed by atoms with Gasteiger partial charge in [-0.3, -0.25) is 9.59 Å². The highest BCUT2D eigenvalue weighted by atomic mass is 16.5. The molecule has 2 N–H and O–H groups in total. The van der Waals surface area contributed by atoms with Crippen molar-refractivity contribution in [3.8, 4) is 5.75 Å². The summed E-state index contributed by atoms with van der Waals surface area (Å²) in [5, 5.41) is 19.2. The first-order chi connectivity index (χ1) is 16.0. The molecule has 1 aromatic heterocycles. The number of carboxylic acids is 2. The van der Waals surface area contributed by atoms with Gasteiger partial charge in [0.1, 0.15) is 5.75 Å². The zero-order valence-corrected chi connectivity index (χ0v) is 18.6. The lowest BCUT2D eigenvalue weighted by Crippen LogP contribution is -2.01. The first kappa shape index (κ1) is 23.9. The molecule has 33 heavy (non-hydrogen) atoms. The van der Waals surface area contributed by atoms with Gasteiger partial charge in [0, 0.05) is 30.1 Å². The Morgan fingerprint density at radius 3 is 2.48 bits per heavy atom. The fraction of sp³-hybridized carbons (Fsp3) is 0.259. The number of ether oxygens (including phenoxy) is 1. The zero-order valence-electron chi connectivity index (χ0n) is 18.6. The van der Waals surface area contributed by atoms with Gasteiger partial charge in [0.2, 0.25) is 0 Å². The van der Waals surface area contributed by atoms with Crippen LogP contribution in [0.4, 0.5) is 0 Å². The van der Waals surface area contributed by atoms with E-state index in [9.17, 15) is 14.7 Å². The van der Waals surface area contributed by atoms with Crippen LogP contribution in [0.1, 0.15) is 42.4 Å². The topological polar surface area (TPSA) is 88.8 Å². The van der Waals surface area contributed by atoms with Crippen LogP contribution in [0.5, 0.6) is 5.75 Å². The van der Waals surface area contributed by atoms with Crippen molar-refractivity contribution < 1.29 is 24.5 Å². The maximum atomic E-state index is 11.4. The number of fused-ring (bicyclic) bond motifs is 1. The van der Waals surface area contributed by atoms with Crippen LogP contribution < -0.4 is 4.74 Å². The Balaban J connectivity index is 1.82. The molecule has 0 saturated carbocycles. The van der Waals surface area contributed by atoms with Crippen LogP contribution in [0.15, 0.2) is 61.3 Å². The Morgan fingerprint density at radius 1 is 1.00 bits per heavy atom. The second-order valence-corrected chi connectivity index (χ2v) is 7.84. The second-order valence-electron chi connectivity index (χ2n) is 7.84. The Kier molecular flexibility index (Phi) is 8.47. The van der Waals surface area contributed by atoms with Gasteiger partial charge in [-0.2, -0.15) is 0 Å². The Morgan fingerprint density at radius 2 is 1.79 bits per heavy atom. The van der Waals surface area contributed by atoms with Crippen molar-refractivity contribution in [1.82, 2.24) is 4.57 Å². The molecule has 172 valence electrons. The molecule has 6 nitrogen and oxygen atoms in total. The number of hydrogen-bond acceptors (Lipinski definition) is 3. The average Bonchev–Trinajstić information content (AvgIpc) is 3.13. The van der Waals surface area contributed by atoms with Gasteiger partial charge in [0.05, 0.1) is 13.0 Å². The van der Waals surface area contributed by atoms with Gasteiger partial charge in [0.15, 0.2) is 0 Å². The highest BCUT2D eigenvalue weighted by Crippen LogP contribution is 2.28. The first-order valence-electron chi connectivity index (χ1n) is 11.0. The molecule has 0 aliphatic carbocycles. The molecule has 2 aromatic carbocycles. The molecule has 0 bridgehead atoms. The number of carboxylic acid groups (broad SMARTS) is 2. The number of aryl methyl sites for hydroxylation is 1. The van der Waals surface area contributed by atoms with Crippen molar-refractivity contribution in [2.45, 2.75) is 38.6 Å². The largest absolute Gasteiger partial charge is 0.494 e. The predicted molar refractivity (Wildman–Crippen MR) is 130 cm³/mol. The van der Waals surface area contributed by atoms with Crippen LogP contribution in [0, 0.1) is 0 Å². The standard InChI is InChI=1S/C27H29NO5/c1-2-3-4-17-33-23-14-11-20(12-15-23)10-13-21-7-5-8-24-27(21)22(18-26(31)32)19-28(24)16-6-9-25(29)30/h2,5,7-8,10-15,19H,1,3-4,6,9,16-18H2,(H,29,30)(H,31,32). The summed E-state index contributed by atoms with van der Waals surface area (Å²) in [5.41, 5.74) is 3.55. The van der Waals surface area contributed by atoms with Gasteiger partial charge in [0.25, 0.3) is 0 Å². The smallest absolute Gasteiger partial charge is 0.307 e. The normalized spacial score (nSPS) is 11.2. The van der Waals surface area contributed by atoms with Crippen molar-refractivity contribution >= 4 is 35.0 Å². The molecular weight excluding hydrogens is 418 g/mol. The van der Waals surface area contributed by atoms with Gasteiger partial charge < -0.3 is 19.5 Å². The van der Waals surface area contributed by atoms with Crippen molar-refractivity contribution in [3.63, 3.8) is 0 Å². The summed E-state index contributed by atoms with van der Waals surface area (Å²) in [6.45, 7) is 4.88. The molecule has 0 unspecified atom stereocenters. The van der Waals surface area contributed by atoms with Crippen LogP contribution in [0.2, 0.25) is 0 Å². The Bertz CT molecular complexity index is 1140. The Hall–Kier alpha value is -3.80. The molecule has 3 aromatic rings. The summed E-state index contributed by atoms with van der Waals surface area (Å²) >= 11 is 0. The fourth-order valence-corrected chi connectivity index (χ4v) is 3.77. The van der Waals surface area contributed by atoms with Crippen molar-refractivity contribution in [1.29, 1.82) is 0 Å².